The Kier molecular flexibility index (Phi) is 12.7. The Bertz CT molecular complexity index is 2060. The molecule has 14 nitrogen and oxygen atoms in total. The number of para-hydroxylation sites is 1. The number of carbonyl (C=O) groups excluding carboxylic acids is 7. The zero-order valence-electron chi connectivity index (χ0n) is 28.7. The number of ether oxygens (including phenoxy) is 1. The number of hydrogen-bond acceptors (Lipinski definition) is 10. The zero-order valence-corrected chi connectivity index (χ0v) is 28.7. The van der Waals surface area contributed by atoms with Gasteiger partial charge in [0.25, 0.3) is 5.91 Å². The SMILES string of the molecule is COC(=O)CC(NC(=O)C(C)NC(=O)C(NC(=O)CNC(=O)c1ccc(-c2c3ccc(=O)cc-3oc3ccccc23)c(C=O)c1)C(C)C)C(=O)CF. The van der Waals surface area contributed by atoms with Gasteiger partial charge in [-0.3, -0.25) is 38.4 Å². The topological polar surface area (TPSA) is 207 Å². The van der Waals surface area contributed by atoms with Gasteiger partial charge in [-0.05, 0) is 48.7 Å². The standard InChI is InChI=1S/C37H37FN4O10/c1-19(2)34(37(50)40-20(3)35(48)41-27(28(45)16-38)15-32(47)51-4)42-31(46)17-39-36(49)21-9-11-24(22(13-21)18-43)33-25-7-5-6-8-29(25)52-30-14-23(44)10-12-26(30)33/h5-14,18-20,27,34H,15-17H2,1-4H3,(H,39,49)(H,40,50)(H,41,48)(H,42,46). The van der Waals surface area contributed by atoms with Gasteiger partial charge in [0.2, 0.25) is 17.7 Å². The highest BCUT2D eigenvalue weighted by Gasteiger charge is 2.30. The Morgan fingerprint density at radius 2 is 1.60 bits per heavy atom. The molecule has 0 aromatic heterocycles. The van der Waals surface area contributed by atoms with Gasteiger partial charge < -0.3 is 30.4 Å². The van der Waals surface area contributed by atoms with Crippen molar-refractivity contribution in [3.05, 3.63) is 82.0 Å². The van der Waals surface area contributed by atoms with Crippen LogP contribution in [0.5, 0.6) is 0 Å². The normalized spacial score (nSPS) is 12.7. The van der Waals surface area contributed by atoms with Gasteiger partial charge in [0.15, 0.2) is 17.5 Å². The summed E-state index contributed by atoms with van der Waals surface area (Å²) in [5.74, 6) is -5.12. The molecule has 0 spiro atoms. The quantitative estimate of drug-likeness (QED) is 0.0802. The molecule has 272 valence electrons. The predicted molar refractivity (Wildman–Crippen MR) is 186 cm³/mol. The number of ketones is 1. The maximum Gasteiger partial charge on any atom is 0.308 e. The van der Waals surface area contributed by atoms with Gasteiger partial charge in [-0.1, -0.05) is 38.1 Å². The fraction of sp³-hybridized carbons (Fsp3) is 0.297. The molecular weight excluding hydrogens is 679 g/mol. The summed E-state index contributed by atoms with van der Waals surface area (Å²) in [5.41, 5.74) is 2.18. The third-order valence-corrected chi connectivity index (χ3v) is 8.17. The minimum absolute atomic E-state index is 0.0736. The van der Waals surface area contributed by atoms with Crippen molar-refractivity contribution in [2.24, 2.45) is 5.92 Å². The Balaban J connectivity index is 1.43. The Morgan fingerprint density at radius 3 is 2.27 bits per heavy atom. The molecule has 1 heterocycles. The average Bonchev–Trinajstić information content (AvgIpc) is 3.13. The molecule has 15 heteroatoms. The minimum atomic E-state index is -1.51. The molecule has 3 unspecified atom stereocenters. The van der Waals surface area contributed by atoms with Gasteiger partial charge in [-0.25, -0.2) is 4.39 Å². The van der Waals surface area contributed by atoms with Crippen molar-refractivity contribution in [1.82, 2.24) is 21.3 Å². The Labute approximate surface area is 296 Å². The molecule has 1 aliphatic heterocycles. The highest BCUT2D eigenvalue weighted by atomic mass is 19.1. The largest absolute Gasteiger partial charge is 0.469 e. The summed E-state index contributed by atoms with van der Waals surface area (Å²) in [6.07, 6.45) is -0.0122. The number of hydrogen-bond donors (Lipinski definition) is 4. The van der Waals surface area contributed by atoms with E-state index in [9.17, 15) is 42.7 Å². The lowest BCUT2D eigenvalue weighted by Crippen LogP contribution is -2.57. The summed E-state index contributed by atoms with van der Waals surface area (Å²) in [4.78, 5) is 99.5. The summed E-state index contributed by atoms with van der Waals surface area (Å²) in [6.45, 7) is 2.58. The van der Waals surface area contributed by atoms with E-state index in [2.05, 4.69) is 26.0 Å². The van der Waals surface area contributed by atoms with Crippen LogP contribution in [0.2, 0.25) is 0 Å². The van der Waals surface area contributed by atoms with E-state index in [1.54, 1.807) is 44.2 Å². The van der Waals surface area contributed by atoms with Crippen LogP contribution >= 0.6 is 0 Å². The number of Topliss-reactive ketones (excluding diaryl/α,β-unsaturated/α-hetero) is 1. The summed E-state index contributed by atoms with van der Waals surface area (Å²) in [5, 5.41) is 10.3. The van der Waals surface area contributed by atoms with Crippen molar-refractivity contribution in [2.75, 3.05) is 20.3 Å². The number of halogens is 1. The number of alkyl halides is 1. The van der Waals surface area contributed by atoms with Crippen LogP contribution in [0.1, 0.15) is 47.9 Å². The zero-order chi connectivity index (χ0) is 38.1. The number of aldehydes is 1. The molecular formula is C37H37FN4O10. The molecule has 2 aromatic carbocycles. The second kappa shape index (κ2) is 17.1. The first-order valence-electron chi connectivity index (χ1n) is 16.2. The van der Waals surface area contributed by atoms with E-state index in [0.717, 1.165) is 7.11 Å². The van der Waals surface area contributed by atoms with E-state index >= 15 is 0 Å². The van der Waals surface area contributed by atoms with Gasteiger partial charge in [-0.15, -0.1) is 0 Å². The van der Waals surface area contributed by atoms with E-state index in [1.807, 2.05) is 6.07 Å². The van der Waals surface area contributed by atoms with E-state index in [0.29, 0.717) is 39.7 Å². The summed E-state index contributed by atoms with van der Waals surface area (Å²) >= 11 is 0. The number of benzene rings is 3. The molecule has 0 radical (unpaired) electrons. The first kappa shape index (κ1) is 38.6. The molecule has 52 heavy (non-hydrogen) atoms. The second-order valence-electron chi connectivity index (χ2n) is 12.2. The van der Waals surface area contributed by atoms with Crippen LogP contribution in [-0.2, 0) is 28.7 Å². The van der Waals surface area contributed by atoms with Crippen molar-refractivity contribution >= 4 is 52.6 Å². The van der Waals surface area contributed by atoms with Gasteiger partial charge in [0, 0.05) is 33.7 Å². The van der Waals surface area contributed by atoms with Crippen LogP contribution in [0, 0.1) is 5.92 Å². The first-order chi connectivity index (χ1) is 24.8. The number of methoxy groups -OCH3 is 1. The smallest absolute Gasteiger partial charge is 0.308 e. The molecule has 3 atom stereocenters. The molecule has 4 amide bonds. The van der Waals surface area contributed by atoms with Crippen molar-refractivity contribution in [3.63, 3.8) is 0 Å². The van der Waals surface area contributed by atoms with Gasteiger partial charge in [0.1, 0.15) is 36.1 Å². The van der Waals surface area contributed by atoms with E-state index in [4.69, 9.17) is 4.42 Å². The molecule has 0 bridgehead atoms. The van der Waals surface area contributed by atoms with Crippen LogP contribution in [0.15, 0.2) is 69.9 Å². The molecule has 4 rings (SSSR count). The molecule has 2 aromatic rings. The van der Waals surface area contributed by atoms with Crippen LogP contribution in [-0.4, -0.2) is 80.1 Å². The van der Waals surface area contributed by atoms with Crippen LogP contribution in [0.4, 0.5) is 4.39 Å². The predicted octanol–water partition coefficient (Wildman–Crippen LogP) is 2.34. The third-order valence-electron chi connectivity index (χ3n) is 8.17. The van der Waals surface area contributed by atoms with Crippen molar-refractivity contribution in [2.45, 2.75) is 45.3 Å². The van der Waals surface area contributed by atoms with Crippen molar-refractivity contribution in [3.8, 4) is 22.5 Å². The van der Waals surface area contributed by atoms with Gasteiger partial charge >= 0.3 is 5.97 Å². The molecule has 1 aliphatic carbocycles. The molecule has 0 fully saturated rings. The lowest BCUT2D eigenvalue weighted by molar-refractivity contribution is -0.143. The fourth-order valence-electron chi connectivity index (χ4n) is 5.41. The Hall–Kier alpha value is -6.25. The van der Waals surface area contributed by atoms with Crippen LogP contribution < -0.4 is 26.7 Å². The second-order valence-corrected chi connectivity index (χ2v) is 12.2. The van der Waals surface area contributed by atoms with E-state index in [-0.39, 0.29) is 16.6 Å². The Morgan fingerprint density at radius 1 is 0.885 bits per heavy atom. The highest BCUT2D eigenvalue weighted by molar-refractivity contribution is 6.07. The monoisotopic (exact) mass is 716 g/mol. The lowest BCUT2D eigenvalue weighted by Gasteiger charge is -2.24. The number of amides is 4. The van der Waals surface area contributed by atoms with Crippen LogP contribution in [0.3, 0.4) is 0 Å². The summed E-state index contributed by atoms with van der Waals surface area (Å²) in [6, 6.07) is 12.0. The number of nitrogens with one attached hydrogen (secondary N) is 4. The fourth-order valence-corrected chi connectivity index (χ4v) is 5.41. The molecule has 0 saturated carbocycles. The van der Waals surface area contributed by atoms with E-state index < -0.39 is 79.1 Å². The number of fused-ring (bicyclic) bond motifs is 2. The average molecular weight is 717 g/mol. The van der Waals surface area contributed by atoms with Crippen molar-refractivity contribution in [1.29, 1.82) is 0 Å². The third kappa shape index (κ3) is 9.10. The maximum absolute atomic E-state index is 13.1. The summed E-state index contributed by atoms with van der Waals surface area (Å²) < 4.78 is 23.4. The number of rotatable bonds is 15. The molecule has 0 saturated heterocycles. The van der Waals surface area contributed by atoms with Gasteiger partial charge in [0.05, 0.1) is 20.1 Å². The first-order valence-corrected chi connectivity index (χ1v) is 16.2. The van der Waals surface area contributed by atoms with E-state index in [1.165, 1.54) is 31.2 Å². The molecule has 2 aliphatic rings. The minimum Gasteiger partial charge on any atom is -0.469 e. The lowest BCUT2D eigenvalue weighted by atomic mass is 9.90. The van der Waals surface area contributed by atoms with Gasteiger partial charge in [-0.2, -0.15) is 0 Å². The summed E-state index contributed by atoms with van der Waals surface area (Å²) in [7, 11) is 1.07. The molecule has 4 N–H and O–H groups in total. The maximum atomic E-state index is 13.1. The number of carbonyl (C=O) groups is 7. The number of esters is 1. The highest BCUT2D eigenvalue weighted by Crippen LogP contribution is 2.40. The van der Waals surface area contributed by atoms with Crippen LogP contribution in [0.25, 0.3) is 33.4 Å². The van der Waals surface area contributed by atoms with Crippen molar-refractivity contribution < 1.29 is 47.1 Å².